The summed E-state index contributed by atoms with van der Waals surface area (Å²) in [5.41, 5.74) is 2.27. The first-order chi connectivity index (χ1) is 8.91. The number of nitrogens with zero attached hydrogens (tertiary/aromatic N) is 2. The molecule has 2 heterocycles. The van der Waals surface area contributed by atoms with Gasteiger partial charge in [0, 0.05) is 16.6 Å². The van der Waals surface area contributed by atoms with E-state index in [0.717, 1.165) is 16.5 Å². The molecule has 3 nitrogen and oxygen atoms in total. The molecule has 0 amide bonds. The predicted octanol–water partition coefficient (Wildman–Crippen LogP) is 5.20. The lowest BCUT2D eigenvalue weighted by molar-refractivity contribution is 0.392. The second kappa shape index (κ2) is 8.86. The van der Waals surface area contributed by atoms with Crippen molar-refractivity contribution in [3.8, 4) is 0 Å². The number of aromatic nitrogens is 2. The van der Waals surface area contributed by atoms with Gasteiger partial charge in [-0.2, -0.15) is 0 Å². The molecule has 0 aliphatic rings. The van der Waals surface area contributed by atoms with Crippen molar-refractivity contribution in [1.82, 2.24) is 10.1 Å². The summed E-state index contributed by atoms with van der Waals surface area (Å²) >= 11 is 1.73. The first kappa shape index (κ1) is 17.8. The van der Waals surface area contributed by atoms with Gasteiger partial charge in [0.05, 0.1) is 10.7 Å². The van der Waals surface area contributed by atoms with Crippen molar-refractivity contribution in [2.75, 3.05) is 0 Å². The van der Waals surface area contributed by atoms with Gasteiger partial charge in [-0.3, -0.25) is 0 Å². The predicted molar refractivity (Wildman–Crippen MR) is 83.0 cm³/mol. The first-order valence-corrected chi connectivity index (χ1v) is 7.55. The second-order valence-corrected chi connectivity index (χ2v) is 5.82. The van der Waals surface area contributed by atoms with E-state index in [1.54, 1.807) is 11.3 Å². The number of hydrogen-bond acceptors (Lipinski definition) is 4. The summed E-state index contributed by atoms with van der Waals surface area (Å²) in [6.07, 6.45) is 1.89. The maximum atomic E-state index is 5.01. The Morgan fingerprint density at radius 3 is 1.84 bits per heavy atom. The van der Waals surface area contributed by atoms with Crippen molar-refractivity contribution in [2.24, 2.45) is 0 Å². The molecule has 2 aromatic heterocycles. The average molecular weight is 282 g/mol. The molecule has 108 valence electrons. The lowest BCUT2D eigenvalue weighted by Gasteiger charge is -2.00. The van der Waals surface area contributed by atoms with Gasteiger partial charge in [-0.25, -0.2) is 4.98 Å². The van der Waals surface area contributed by atoms with Crippen LogP contribution >= 0.6 is 11.3 Å². The van der Waals surface area contributed by atoms with Crippen LogP contribution in [0.5, 0.6) is 0 Å². The molecular weight excluding hydrogens is 256 g/mol. The highest BCUT2D eigenvalue weighted by atomic mass is 32.1. The monoisotopic (exact) mass is 282 g/mol. The van der Waals surface area contributed by atoms with Crippen molar-refractivity contribution in [1.29, 1.82) is 0 Å². The van der Waals surface area contributed by atoms with Crippen LogP contribution in [0.1, 0.15) is 60.5 Å². The van der Waals surface area contributed by atoms with Gasteiger partial charge in [-0.15, -0.1) is 11.3 Å². The zero-order chi connectivity index (χ0) is 15.0. The van der Waals surface area contributed by atoms with Crippen LogP contribution in [0.2, 0.25) is 0 Å². The van der Waals surface area contributed by atoms with Crippen LogP contribution in [0.15, 0.2) is 10.7 Å². The highest BCUT2D eigenvalue weighted by Gasteiger charge is 2.11. The fourth-order valence-electron chi connectivity index (χ4n) is 1.78. The van der Waals surface area contributed by atoms with Crippen LogP contribution < -0.4 is 0 Å². The van der Waals surface area contributed by atoms with Crippen molar-refractivity contribution in [2.45, 2.75) is 61.3 Å². The summed E-state index contributed by atoms with van der Waals surface area (Å²) in [6, 6.07) is 0. The van der Waals surface area contributed by atoms with Gasteiger partial charge in [0.2, 0.25) is 0 Å². The van der Waals surface area contributed by atoms with Gasteiger partial charge in [0.15, 0.2) is 0 Å². The van der Waals surface area contributed by atoms with E-state index in [0.29, 0.717) is 5.92 Å². The van der Waals surface area contributed by atoms with Crippen molar-refractivity contribution in [3.05, 3.63) is 33.1 Å². The molecule has 0 aliphatic carbocycles. The summed E-state index contributed by atoms with van der Waals surface area (Å²) < 4.78 is 5.01. The zero-order valence-corrected chi connectivity index (χ0v) is 14.2. The van der Waals surface area contributed by atoms with Gasteiger partial charge < -0.3 is 4.52 Å². The SMILES string of the molecule is CC.Cc1cnc(C)s1.Cc1noc(C)c1C(C)C. The van der Waals surface area contributed by atoms with Gasteiger partial charge in [-0.05, 0) is 33.6 Å². The minimum atomic E-state index is 0.520. The summed E-state index contributed by atoms with van der Waals surface area (Å²) in [6.45, 7) is 16.3. The number of thiazole rings is 1. The van der Waals surface area contributed by atoms with Crippen LogP contribution in [-0.4, -0.2) is 10.1 Å². The van der Waals surface area contributed by atoms with E-state index in [4.69, 9.17) is 4.52 Å². The fourth-order valence-corrected chi connectivity index (χ4v) is 2.46. The van der Waals surface area contributed by atoms with E-state index in [9.17, 15) is 0 Å². The van der Waals surface area contributed by atoms with E-state index < -0.39 is 0 Å². The van der Waals surface area contributed by atoms with Crippen molar-refractivity contribution < 1.29 is 4.52 Å². The van der Waals surface area contributed by atoms with Crippen molar-refractivity contribution in [3.63, 3.8) is 0 Å². The molecular formula is C15H26N2OS. The largest absolute Gasteiger partial charge is 0.361 e. The molecule has 19 heavy (non-hydrogen) atoms. The maximum Gasteiger partial charge on any atom is 0.137 e. The zero-order valence-electron chi connectivity index (χ0n) is 13.4. The Bertz CT molecular complexity index is 436. The topological polar surface area (TPSA) is 38.9 Å². The summed E-state index contributed by atoms with van der Waals surface area (Å²) in [7, 11) is 0. The number of aryl methyl sites for hydroxylation is 4. The first-order valence-electron chi connectivity index (χ1n) is 6.73. The van der Waals surface area contributed by atoms with E-state index in [1.807, 2.05) is 40.8 Å². The van der Waals surface area contributed by atoms with Gasteiger partial charge in [-0.1, -0.05) is 32.9 Å². The second-order valence-electron chi connectivity index (χ2n) is 4.38. The third kappa shape index (κ3) is 6.01. The Kier molecular flexibility index (Phi) is 8.32. The van der Waals surface area contributed by atoms with E-state index >= 15 is 0 Å². The molecule has 0 bridgehead atoms. The molecule has 4 heteroatoms. The molecule has 0 saturated heterocycles. The molecule has 0 aliphatic heterocycles. The molecule has 0 spiro atoms. The highest BCUT2D eigenvalue weighted by Crippen LogP contribution is 2.21. The number of hydrogen-bond donors (Lipinski definition) is 0. The minimum absolute atomic E-state index is 0.520. The van der Waals surface area contributed by atoms with Gasteiger partial charge in [0.25, 0.3) is 0 Å². The highest BCUT2D eigenvalue weighted by molar-refractivity contribution is 7.11. The quantitative estimate of drug-likeness (QED) is 0.721. The lowest BCUT2D eigenvalue weighted by Crippen LogP contribution is -1.89. The van der Waals surface area contributed by atoms with E-state index in [-0.39, 0.29) is 0 Å². The molecule has 0 unspecified atom stereocenters. The minimum Gasteiger partial charge on any atom is -0.361 e. The van der Waals surface area contributed by atoms with E-state index in [2.05, 4.69) is 30.9 Å². The molecule has 2 aromatic rings. The maximum absolute atomic E-state index is 5.01. The number of rotatable bonds is 1. The summed E-state index contributed by atoms with van der Waals surface area (Å²) in [5.74, 6) is 1.47. The Balaban J connectivity index is 0.000000316. The third-order valence-electron chi connectivity index (χ3n) is 2.40. The molecule has 0 N–H and O–H groups in total. The van der Waals surface area contributed by atoms with Crippen molar-refractivity contribution >= 4 is 11.3 Å². The standard InChI is InChI=1S/C8H13NO.C5H7NS.C2H6/c1-5(2)8-6(3)9-10-7(8)4;1-4-3-6-5(2)7-4;1-2/h5H,1-4H3;3H,1-2H3;1-2H3. The van der Waals surface area contributed by atoms with Gasteiger partial charge >= 0.3 is 0 Å². The molecule has 0 radical (unpaired) electrons. The molecule has 2 rings (SSSR count). The van der Waals surface area contributed by atoms with Crippen LogP contribution in [0.25, 0.3) is 0 Å². The Labute approximate surface area is 121 Å². The summed E-state index contributed by atoms with van der Waals surface area (Å²) in [4.78, 5) is 5.32. The summed E-state index contributed by atoms with van der Waals surface area (Å²) in [5, 5.41) is 5.01. The fraction of sp³-hybridized carbons (Fsp3) is 0.600. The molecule has 0 atom stereocenters. The Hall–Kier alpha value is -1.16. The molecule has 0 aromatic carbocycles. The van der Waals surface area contributed by atoms with Crippen LogP contribution in [0.4, 0.5) is 0 Å². The molecule has 0 fully saturated rings. The smallest absolute Gasteiger partial charge is 0.137 e. The normalized spacial score (nSPS) is 9.53. The Morgan fingerprint density at radius 2 is 1.68 bits per heavy atom. The lowest BCUT2D eigenvalue weighted by atomic mass is 10.0. The van der Waals surface area contributed by atoms with Crippen LogP contribution in [-0.2, 0) is 0 Å². The van der Waals surface area contributed by atoms with Gasteiger partial charge in [0.1, 0.15) is 5.76 Å². The van der Waals surface area contributed by atoms with Crippen LogP contribution in [0.3, 0.4) is 0 Å². The molecule has 0 saturated carbocycles. The average Bonchev–Trinajstić information content (AvgIpc) is 2.88. The van der Waals surface area contributed by atoms with E-state index in [1.165, 1.54) is 10.4 Å². The van der Waals surface area contributed by atoms with Crippen LogP contribution in [0, 0.1) is 27.7 Å². The third-order valence-corrected chi connectivity index (χ3v) is 3.23. The Morgan fingerprint density at radius 1 is 1.11 bits per heavy atom.